The van der Waals surface area contributed by atoms with E-state index in [1.165, 1.54) is 0 Å². The van der Waals surface area contributed by atoms with Crippen LogP contribution in [0.3, 0.4) is 0 Å². The summed E-state index contributed by atoms with van der Waals surface area (Å²) in [5, 5.41) is 7.49. The first-order valence-corrected chi connectivity index (χ1v) is 5.45. The molecule has 2 rings (SSSR count). The molecular formula is C11H17N5O. The summed E-state index contributed by atoms with van der Waals surface area (Å²) in [5.41, 5.74) is 2.09. The number of hydrogen-bond acceptors (Lipinski definition) is 4. The van der Waals surface area contributed by atoms with Gasteiger partial charge in [0.05, 0.1) is 31.4 Å². The van der Waals surface area contributed by atoms with Gasteiger partial charge in [-0.3, -0.25) is 0 Å². The smallest absolute Gasteiger partial charge is 0.211 e. The van der Waals surface area contributed by atoms with Crippen molar-refractivity contribution in [2.75, 3.05) is 14.2 Å². The zero-order chi connectivity index (χ0) is 12.3. The van der Waals surface area contributed by atoms with E-state index in [0.29, 0.717) is 6.54 Å². The second-order valence-corrected chi connectivity index (χ2v) is 3.84. The number of ether oxygens (including phenoxy) is 1. The molecule has 0 aliphatic carbocycles. The normalized spacial score (nSPS) is 10.8. The third kappa shape index (κ3) is 2.47. The molecule has 0 unspecified atom stereocenters. The summed E-state index contributed by atoms with van der Waals surface area (Å²) in [6.07, 6.45) is 3.67. The van der Waals surface area contributed by atoms with E-state index >= 15 is 0 Å². The molecule has 0 aromatic carbocycles. The Bertz CT molecular complexity index is 488. The van der Waals surface area contributed by atoms with Gasteiger partial charge in [-0.2, -0.15) is 5.10 Å². The number of aryl methyl sites for hydroxylation is 1. The molecule has 0 saturated heterocycles. The van der Waals surface area contributed by atoms with E-state index in [1.54, 1.807) is 11.8 Å². The SMILES string of the molecule is CNCc1cncn1Cc1cc(OC)n(C)n1. The van der Waals surface area contributed by atoms with E-state index in [4.69, 9.17) is 4.74 Å². The maximum Gasteiger partial charge on any atom is 0.211 e. The minimum atomic E-state index is 0.703. The van der Waals surface area contributed by atoms with Crippen LogP contribution in [0.15, 0.2) is 18.6 Å². The van der Waals surface area contributed by atoms with Crippen molar-refractivity contribution in [3.05, 3.63) is 30.0 Å². The van der Waals surface area contributed by atoms with Crippen LogP contribution in [-0.4, -0.2) is 33.5 Å². The van der Waals surface area contributed by atoms with E-state index in [0.717, 1.165) is 23.8 Å². The van der Waals surface area contributed by atoms with Gasteiger partial charge in [0.1, 0.15) is 0 Å². The second-order valence-electron chi connectivity index (χ2n) is 3.84. The van der Waals surface area contributed by atoms with E-state index in [-0.39, 0.29) is 0 Å². The van der Waals surface area contributed by atoms with Crippen molar-refractivity contribution in [1.82, 2.24) is 24.6 Å². The topological polar surface area (TPSA) is 56.9 Å². The van der Waals surface area contributed by atoms with Crippen LogP contribution in [0.2, 0.25) is 0 Å². The van der Waals surface area contributed by atoms with Crippen LogP contribution >= 0.6 is 0 Å². The minimum absolute atomic E-state index is 0.703. The maximum atomic E-state index is 5.19. The molecule has 2 aromatic rings. The fourth-order valence-corrected chi connectivity index (χ4v) is 1.77. The highest BCUT2D eigenvalue weighted by molar-refractivity contribution is 5.16. The zero-order valence-electron chi connectivity index (χ0n) is 10.3. The third-order valence-corrected chi connectivity index (χ3v) is 2.59. The summed E-state index contributed by atoms with van der Waals surface area (Å²) in [4.78, 5) is 4.14. The van der Waals surface area contributed by atoms with Crippen LogP contribution in [0, 0.1) is 0 Å². The van der Waals surface area contributed by atoms with Crippen LogP contribution in [0.4, 0.5) is 0 Å². The lowest BCUT2D eigenvalue weighted by Crippen LogP contribution is -2.11. The molecule has 0 bridgehead atoms. The molecule has 6 nitrogen and oxygen atoms in total. The molecule has 0 saturated carbocycles. The Balaban J connectivity index is 2.16. The fraction of sp³-hybridized carbons (Fsp3) is 0.455. The number of imidazole rings is 1. The predicted octanol–water partition coefficient (Wildman–Crippen LogP) is 0.393. The summed E-state index contributed by atoms with van der Waals surface area (Å²) >= 11 is 0. The second kappa shape index (κ2) is 5.01. The van der Waals surface area contributed by atoms with Crippen molar-refractivity contribution in [3.8, 4) is 5.88 Å². The van der Waals surface area contributed by atoms with Gasteiger partial charge in [0.15, 0.2) is 0 Å². The van der Waals surface area contributed by atoms with Crippen molar-refractivity contribution >= 4 is 0 Å². The predicted molar refractivity (Wildman–Crippen MR) is 63.9 cm³/mol. The van der Waals surface area contributed by atoms with Gasteiger partial charge in [-0.05, 0) is 7.05 Å². The van der Waals surface area contributed by atoms with Gasteiger partial charge in [0.25, 0.3) is 0 Å². The van der Waals surface area contributed by atoms with Crippen LogP contribution in [0.1, 0.15) is 11.4 Å². The molecule has 0 fully saturated rings. The Morgan fingerprint density at radius 2 is 2.29 bits per heavy atom. The lowest BCUT2D eigenvalue weighted by atomic mass is 10.4. The molecule has 0 atom stereocenters. The Hall–Kier alpha value is -1.82. The average molecular weight is 235 g/mol. The average Bonchev–Trinajstić information content (AvgIpc) is 2.87. The lowest BCUT2D eigenvalue weighted by Gasteiger charge is -2.05. The molecule has 0 radical (unpaired) electrons. The quantitative estimate of drug-likeness (QED) is 0.814. The van der Waals surface area contributed by atoms with Crippen molar-refractivity contribution < 1.29 is 4.74 Å². The number of rotatable bonds is 5. The van der Waals surface area contributed by atoms with E-state index < -0.39 is 0 Å². The number of nitrogens with one attached hydrogen (secondary N) is 1. The van der Waals surface area contributed by atoms with Gasteiger partial charge in [0, 0.05) is 25.9 Å². The molecule has 0 aliphatic rings. The Labute approximate surface area is 100 Å². The standard InChI is InChI=1S/C11H17N5O/c1-12-5-10-6-13-8-16(10)7-9-4-11(17-3)15(2)14-9/h4,6,8,12H,5,7H2,1-3H3. The lowest BCUT2D eigenvalue weighted by molar-refractivity contribution is 0.373. The molecule has 1 N–H and O–H groups in total. The van der Waals surface area contributed by atoms with E-state index in [1.807, 2.05) is 32.7 Å². The van der Waals surface area contributed by atoms with Crippen LogP contribution in [0.25, 0.3) is 0 Å². The number of aromatic nitrogens is 4. The Kier molecular flexibility index (Phi) is 3.43. The summed E-state index contributed by atoms with van der Waals surface area (Å²) in [6, 6.07) is 1.93. The van der Waals surface area contributed by atoms with Crippen molar-refractivity contribution in [2.45, 2.75) is 13.1 Å². The van der Waals surface area contributed by atoms with Crippen molar-refractivity contribution in [3.63, 3.8) is 0 Å². The highest BCUT2D eigenvalue weighted by atomic mass is 16.5. The summed E-state index contributed by atoms with van der Waals surface area (Å²) in [7, 11) is 5.43. The maximum absolute atomic E-state index is 5.19. The van der Waals surface area contributed by atoms with Crippen molar-refractivity contribution in [1.29, 1.82) is 0 Å². The monoisotopic (exact) mass is 235 g/mol. The highest BCUT2D eigenvalue weighted by Gasteiger charge is 2.07. The molecule has 2 heterocycles. The minimum Gasteiger partial charge on any atom is -0.481 e. The van der Waals surface area contributed by atoms with E-state index in [2.05, 4.69) is 20.0 Å². The number of hydrogen-bond donors (Lipinski definition) is 1. The first kappa shape index (κ1) is 11.7. The first-order valence-electron chi connectivity index (χ1n) is 5.45. The third-order valence-electron chi connectivity index (χ3n) is 2.59. The summed E-state index contributed by atoms with van der Waals surface area (Å²) in [6.45, 7) is 1.50. The summed E-state index contributed by atoms with van der Waals surface area (Å²) in [5.74, 6) is 0.760. The van der Waals surface area contributed by atoms with Gasteiger partial charge in [-0.15, -0.1) is 0 Å². The van der Waals surface area contributed by atoms with Crippen LogP contribution < -0.4 is 10.1 Å². The van der Waals surface area contributed by atoms with Gasteiger partial charge < -0.3 is 14.6 Å². The van der Waals surface area contributed by atoms with Gasteiger partial charge in [0.2, 0.25) is 5.88 Å². The van der Waals surface area contributed by atoms with Crippen LogP contribution in [0.5, 0.6) is 5.88 Å². The number of nitrogens with zero attached hydrogens (tertiary/aromatic N) is 4. The zero-order valence-corrected chi connectivity index (χ0v) is 10.3. The first-order chi connectivity index (χ1) is 8.24. The number of methoxy groups -OCH3 is 1. The molecule has 92 valence electrons. The molecule has 0 spiro atoms. The Morgan fingerprint density at radius 1 is 1.47 bits per heavy atom. The molecule has 17 heavy (non-hydrogen) atoms. The highest BCUT2D eigenvalue weighted by Crippen LogP contribution is 2.13. The molecular weight excluding hydrogens is 218 g/mol. The van der Waals surface area contributed by atoms with Crippen LogP contribution in [-0.2, 0) is 20.1 Å². The van der Waals surface area contributed by atoms with Gasteiger partial charge >= 0.3 is 0 Å². The molecule has 6 heteroatoms. The fourth-order valence-electron chi connectivity index (χ4n) is 1.77. The van der Waals surface area contributed by atoms with E-state index in [9.17, 15) is 0 Å². The molecule has 0 amide bonds. The van der Waals surface area contributed by atoms with Gasteiger partial charge in [-0.1, -0.05) is 0 Å². The summed E-state index contributed by atoms with van der Waals surface area (Å²) < 4.78 is 8.98. The van der Waals surface area contributed by atoms with Crippen molar-refractivity contribution in [2.24, 2.45) is 7.05 Å². The van der Waals surface area contributed by atoms with Gasteiger partial charge in [-0.25, -0.2) is 9.67 Å². The Morgan fingerprint density at radius 3 is 2.94 bits per heavy atom. The molecule has 0 aliphatic heterocycles. The largest absolute Gasteiger partial charge is 0.481 e. The molecule has 2 aromatic heterocycles.